The predicted octanol–water partition coefficient (Wildman–Crippen LogP) is 8.46. The van der Waals surface area contributed by atoms with Gasteiger partial charge in [-0.05, 0) is 106 Å². The van der Waals surface area contributed by atoms with Crippen molar-refractivity contribution in [3.05, 3.63) is 191 Å². The van der Waals surface area contributed by atoms with Crippen molar-refractivity contribution in [3.8, 4) is 0 Å². The first-order valence-corrected chi connectivity index (χ1v) is 24.1. The van der Waals surface area contributed by atoms with Gasteiger partial charge >= 0.3 is 0 Å². The second-order valence-electron chi connectivity index (χ2n) is 16.4. The van der Waals surface area contributed by atoms with Crippen LogP contribution >= 0.6 is 0 Å². The van der Waals surface area contributed by atoms with Crippen LogP contribution in [0, 0.1) is 5.82 Å². The Balaban J connectivity index is 0.000000213. The van der Waals surface area contributed by atoms with Crippen molar-refractivity contribution in [1.82, 2.24) is 19.2 Å². The van der Waals surface area contributed by atoms with Crippen LogP contribution in [0.2, 0.25) is 0 Å². The van der Waals surface area contributed by atoms with Crippen molar-refractivity contribution in [2.75, 3.05) is 19.6 Å². The van der Waals surface area contributed by atoms with Gasteiger partial charge < -0.3 is 10.6 Å². The molecular formula is C50H55FN4O6S2. The van der Waals surface area contributed by atoms with Gasteiger partial charge in [0.15, 0.2) is 0 Å². The number of amides is 2. The molecule has 0 fully saturated rings. The molecule has 0 spiro atoms. The van der Waals surface area contributed by atoms with Gasteiger partial charge in [0, 0.05) is 19.6 Å². The van der Waals surface area contributed by atoms with Gasteiger partial charge in [-0.25, -0.2) is 29.8 Å². The van der Waals surface area contributed by atoms with Crippen molar-refractivity contribution in [2.24, 2.45) is 0 Å². The van der Waals surface area contributed by atoms with Crippen molar-refractivity contribution in [1.29, 1.82) is 0 Å². The number of hydrogen-bond donors (Lipinski definition) is 2. The summed E-state index contributed by atoms with van der Waals surface area (Å²) >= 11 is 0. The van der Waals surface area contributed by atoms with Gasteiger partial charge in [-0.2, -0.15) is 0 Å². The maximum atomic E-state index is 13.5. The van der Waals surface area contributed by atoms with E-state index < -0.39 is 43.2 Å². The molecule has 0 saturated heterocycles. The van der Waals surface area contributed by atoms with E-state index in [1.165, 1.54) is 23.3 Å². The monoisotopic (exact) mass is 890 g/mol. The van der Waals surface area contributed by atoms with Crippen LogP contribution in [0.1, 0.15) is 74.3 Å². The van der Waals surface area contributed by atoms with Gasteiger partial charge in [-0.1, -0.05) is 133 Å². The third kappa shape index (κ3) is 11.5. The van der Waals surface area contributed by atoms with Crippen molar-refractivity contribution >= 4 is 41.7 Å². The number of benzene rings is 5. The molecule has 63 heavy (non-hydrogen) atoms. The largest absolute Gasteiger partial charge is 0.379 e. The topological polar surface area (TPSA) is 133 Å². The first-order valence-electron chi connectivity index (χ1n) is 21.3. The fraction of sp³-hybridized carbons (Fsp3) is 0.280. The molecule has 2 amide bonds. The van der Waals surface area contributed by atoms with E-state index in [0.29, 0.717) is 29.8 Å². The molecule has 0 unspecified atom stereocenters. The Labute approximate surface area is 371 Å². The van der Waals surface area contributed by atoms with E-state index >= 15 is 0 Å². The Morgan fingerprint density at radius 1 is 0.508 bits per heavy atom. The quantitative estimate of drug-likeness (QED) is 0.0890. The minimum atomic E-state index is -4.04. The SMILES string of the molecule is CC(C)(C)N1C(=O)C(NCCCCc2ccccc2)=C(c2ccccc2)S1(=O)=O.O=C1C(NCCCCc2ccccc2)=C(c2ccccc2)S(=O)(=O)N1CCc1cccc(F)c1. The summed E-state index contributed by atoms with van der Waals surface area (Å²) in [7, 11) is -7.96. The molecule has 2 N–H and O–H groups in total. The van der Waals surface area contributed by atoms with Gasteiger partial charge in [-0.15, -0.1) is 0 Å². The molecule has 10 nitrogen and oxygen atoms in total. The molecule has 5 aromatic carbocycles. The second kappa shape index (κ2) is 20.9. The number of unbranched alkanes of at least 4 members (excludes halogenated alkanes) is 2. The minimum Gasteiger partial charge on any atom is -0.379 e. The first kappa shape index (κ1) is 46.5. The number of halogens is 1. The first-order chi connectivity index (χ1) is 30.2. The highest BCUT2D eigenvalue weighted by Crippen LogP contribution is 2.39. The van der Waals surface area contributed by atoms with Crippen LogP contribution in [-0.2, 0) is 48.9 Å². The second-order valence-corrected chi connectivity index (χ2v) is 19.9. The Bertz CT molecular complexity index is 2630. The fourth-order valence-corrected chi connectivity index (χ4v) is 11.4. The highest BCUT2D eigenvalue weighted by atomic mass is 32.2. The summed E-state index contributed by atoms with van der Waals surface area (Å²) in [6, 6.07) is 43.8. The number of sulfonamides is 2. The minimum absolute atomic E-state index is 0.000372. The van der Waals surface area contributed by atoms with Crippen molar-refractivity contribution in [2.45, 2.75) is 71.3 Å². The zero-order valence-corrected chi connectivity index (χ0v) is 37.6. The normalized spacial score (nSPS) is 15.7. The molecule has 0 aromatic heterocycles. The molecule has 0 atom stereocenters. The lowest BCUT2D eigenvalue weighted by molar-refractivity contribution is -0.125. The number of carbonyl (C=O) groups excluding carboxylic acids is 2. The highest BCUT2D eigenvalue weighted by Gasteiger charge is 2.49. The maximum Gasteiger partial charge on any atom is 0.285 e. The molecule has 2 aliphatic rings. The predicted molar refractivity (Wildman–Crippen MR) is 248 cm³/mol. The Hall–Kier alpha value is -6.05. The van der Waals surface area contributed by atoms with Crippen molar-refractivity contribution in [3.63, 3.8) is 0 Å². The molecule has 2 heterocycles. The summed E-state index contributed by atoms with van der Waals surface area (Å²) in [6.07, 6.45) is 5.59. The molecule has 13 heteroatoms. The summed E-state index contributed by atoms with van der Waals surface area (Å²) < 4.78 is 68.7. The highest BCUT2D eigenvalue weighted by molar-refractivity contribution is 8.00. The van der Waals surface area contributed by atoms with E-state index in [9.17, 15) is 30.8 Å². The molecule has 7 rings (SSSR count). The smallest absolute Gasteiger partial charge is 0.285 e. The lowest BCUT2D eigenvalue weighted by Crippen LogP contribution is -2.46. The van der Waals surface area contributed by atoms with Crippen LogP contribution in [0.3, 0.4) is 0 Å². The molecule has 0 radical (unpaired) electrons. The van der Waals surface area contributed by atoms with E-state index in [1.807, 2.05) is 42.5 Å². The van der Waals surface area contributed by atoms with Crippen LogP contribution < -0.4 is 10.6 Å². The number of carbonyl (C=O) groups is 2. The number of nitrogens with zero attached hydrogens (tertiary/aromatic N) is 2. The average Bonchev–Trinajstić information content (AvgIpc) is 3.59. The van der Waals surface area contributed by atoms with Gasteiger partial charge in [0.25, 0.3) is 31.9 Å². The Morgan fingerprint density at radius 2 is 0.937 bits per heavy atom. The number of rotatable bonds is 17. The van der Waals surface area contributed by atoms with Crippen LogP contribution in [0.5, 0.6) is 0 Å². The standard InChI is InChI=1S/C27H27FN2O3S.C23H28N2O3S/c28-24-16-9-13-22(20-24)17-19-30-27(31)25(26(34(30,32)33)23-14-5-2-6-15-23)29-18-8-7-12-21-10-3-1-4-11-21;1-23(2,3)25-22(26)20(21(29(25,27)28)19-15-8-5-9-16-19)24-17-11-10-14-18-12-6-4-7-13-18/h1-6,9-11,13-16,20,29H,7-8,12,17-19H2;4-9,12-13,15-16,24H,10-11,14,17H2,1-3H3. The average molecular weight is 891 g/mol. The van der Waals surface area contributed by atoms with E-state index in [2.05, 4.69) is 34.9 Å². The molecule has 0 bridgehead atoms. The summed E-state index contributed by atoms with van der Waals surface area (Å²) in [5, 5.41) is 6.24. The van der Waals surface area contributed by atoms with Gasteiger partial charge in [0.2, 0.25) is 0 Å². The van der Waals surface area contributed by atoms with Gasteiger partial charge in [-0.3, -0.25) is 9.59 Å². The van der Waals surface area contributed by atoms with Crippen LogP contribution in [-0.4, -0.2) is 62.4 Å². The number of aryl methyl sites for hydroxylation is 2. The molecule has 0 saturated carbocycles. The van der Waals surface area contributed by atoms with Crippen LogP contribution in [0.15, 0.2) is 157 Å². The lowest BCUT2D eigenvalue weighted by Gasteiger charge is -2.30. The zero-order chi connectivity index (χ0) is 45.0. The van der Waals surface area contributed by atoms with Crippen LogP contribution in [0.25, 0.3) is 9.81 Å². The van der Waals surface area contributed by atoms with Gasteiger partial charge in [0.1, 0.15) is 27.0 Å². The fourth-order valence-electron chi connectivity index (χ4n) is 7.61. The summed E-state index contributed by atoms with van der Waals surface area (Å²) in [5.74, 6) is -1.45. The molecule has 0 aliphatic carbocycles. The molecule has 2 aliphatic heterocycles. The lowest BCUT2D eigenvalue weighted by atomic mass is 10.1. The van der Waals surface area contributed by atoms with E-state index in [1.54, 1.807) is 87.5 Å². The van der Waals surface area contributed by atoms with Crippen molar-refractivity contribution < 1.29 is 30.8 Å². The zero-order valence-electron chi connectivity index (χ0n) is 36.0. The summed E-state index contributed by atoms with van der Waals surface area (Å²) in [4.78, 5) is 26.4. The Kier molecular flexibility index (Phi) is 15.4. The molecular weight excluding hydrogens is 836 g/mol. The van der Waals surface area contributed by atoms with E-state index in [4.69, 9.17) is 0 Å². The van der Waals surface area contributed by atoms with Crippen LogP contribution in [0.4, 0.5) is 4.39 Å². The number of hydrogen-bond acceptors (Lipinski definition) is 8. The van der Waals surface area contributed by atoms with E-state index in [0.717, 1.165) is 47.1 Å². The third-order valence-electron chi connectivity index (χ3n) is 10.6. The third-order valence-corrected chi connectivity index (χ3v) is 14.6. The van der Waals surface area contributed by atoms with E-state index in [-0.39, 0.29) is 34.2 Å². The molecule has 330 valence electrons. The number of nitrogens with one attached hydrogen (secondary N) is 2. The Morgan fingerprint density at radius 3 is 1.40 bits per heavy atom. The summed E-state index contributed by atoms with van der Waals surface area (Å²) in [6.45, 7) is 6.16. The maximum absolute atomic E-state index is 13.5. The summed E-state index contributed by atoms with van der Waals surface area (Å²) in [5.41, 5.74) is 3.58. The molecule has 5 aromatic rings. The van der Waals surface area contributed by atoms with Gasteiger partial charge in [0.05, 0.1) is 5.54 Å².